The molecular weight excluding hydrogens is 242 g/mol. The molecule has 9 nitrogen and oxygen atoms in total. The van der Waals surface area contributed by atoms with E-state index in [1.165, 1.54) is 0 Å². The van der Waals surface area contributed by atoms with Crippen molar-refractivity contribution in [3.05, 3.63) is 0 Å². The monoisotopic (exact) mass is 254 g/mol. The Bertz CT molecular complexity index is 218. The molecule has 88 valence electrons. The molecule has 0 aromatic rings. The van der Waals surface area contributed by atoms with E-state index in [-0.39, 0.29) is 6.42 Å². The van der Waals surface area contributed by atoms with Gasteiger partial charge in [-0.3, -0.25) is 4.52 Å². The largest absolute Gasteiger partial charge is 0.471 e. The van der Waals surface area contributed by atoms with Crippen LogP contribution in [0, 0.1) is 0 Å². The highest BCUT2D eigenvalue weighted by Crippen LogP contribution is 2.37. The Morgan fingerprint density at radius 1 is 1.14 bits per heavy atom. The zero-order valence-corrected chi connectivity index (χ0v) is 8.88. The summed E-state index contributed by atoms with van der Waals surface area (Å²) in [6, 6.07) is 0. The molecule has 11 heteroatoms. The Balaban J connectivity index is 0. The Kier molecular flexibility index (Phi) is 7.86. The lowest BCUT2D eigenvalue weighted by molar-refractivity contribution is -0.0378. The summed E-state index contributed by atoms with van der Waals surface area (Å²) in [6.45, 7) is 1.54. The van der Waals surface area contributed by atoms with Crippen LogP contribution in [0.3, 0.4) is 0 Å². The molecular formula is C3H12O9P2. The predicted octanol–water partition coefficient (Wildman–Crippen LogP) is -1.10. The average molecular weight is 254 g/mol. The quantitative estimate of drug-likeness (QED) is 0.270. The third-order valence-corrected chi connectivity index (χ3v) is 1.13. The second-order valence-corrected chi connectivity index (χ2v) is 4.19. The lowest BCUT2D eigenvalue weighted by Crippen LogP contribution is -2.07. The van der Waals surface area contributed by atoms with Gasteiger partial charge in [-0.2, -0.15) is 0 Å². The lowest BCUT2D eigenvalue weighted by atomic mass is 10.5. The van der Waals surface area contributed by atoms with Crippen molar-refractivity contribution in [2.24, 2.45) is 0 Å². The van der Waals surface area contributed by atoms with Gasteiger partial charge in [0.2, 0.25) is 0 Å². The molecule has 0 aliphatic carbocycles. The molecule has 0 aromatic carbocycles. The third-order valence-electron chi connectivity index (χ3n) is 0.608. The van der Waals surface area contributed by atoms with Gasteiger partial charge in [-0.05, 0) is 6.42 Å². The van der Waals surface area contributed by atoms with E-state index < -0.39 is 21.9 Å². The summed E-state index contributed by atoms with van der Waals surface area (Å²) in [5, 5.41) is 8.48. The summed E-state index contributed by atoms with van der Waals surface area (Å²) in [6.07, 6.45) is -1.21. The van der Waals surface area contributed by atoms with Crippen LogP contribution >= 0.6 is 15.6 Å². The van der Waals surface area contributed by atoms with Crippen molar-refractivity contribution in [3.8, 4) is 0 Å². The Hall–Kier alpha value is 0.180. The minimum absolute atomic E-state index is 0.158. The molecule has 0 bridgehead atoms. The Morgan fingerprint density at radius 2 is 1.43 bits per heavy atom. The fourth-order valence-electron chi connectivity index (χ4n) is 0.233. The fraction of sp³-hybridized carbons (Fsp3) is 1.00. The van der Waals surface area contributed by atoms with Gasteiger partial charge in [0.15, 0.2) is 6.29 Å². The summed E-state index contributed by atoms with van der Waals surface area (Å²) in [5.74, 6) is 0. The molecule has 0 saturated heterocycles. The number of aliphatic hydroxyl groups excluding tert-OH is 1. The molecule has 1 unspecified atom stereocenters. The number of rotatable bonds is 3. The summed E-state index contributed by atoms with van der Waals surface area (Å²) < 4.78 is 22.6. The first kappa shape index (κ1) is 16.6. The SMILES string of the molecule is CCC(O)OP(=O)(O)O.O=P(O)(O)O. The van der Waals surface area contributed by atoms with Gasteiger partial charge >= 0.3 is 15.6 Å². The average Bonchev–Trinajstić information content (AvgIpc) is 1.79. The summed E-state index contributed by atoms with van der Waals surface area (Å²) in [7, 11) is -9.13. The molecule has 0 saturated carbocycles. The number of hydrogen-bond acceptors (Lipinski definition) is 4. The zero-order chi connectivity index (χ0) is 12.0. The Morgan fingerprint density at radius 3 is 1.50 bits per heavy atom. The lowest BCUT2D eigenvalue weighted by Gasteiger charge is -2.08. The van der Waals surface area contributed by atoms with Crippen molar-refractivity contribution in [1.29, 1.82) is 0 Å². The number of phosphoric acid groups is 2. The molecule has 0 fully saturated rings. The van der Waals surface area contributed by atoms with Crippen LogP contribution in [0.1, 0.15) is 13.3 Å². The smallest absolute Gasteiger partial charge is 0.367 e. The third kappa shape index (κ3) is 29.5. The van der Waals surface area contributed by atoms with Gasteiger partial charge in [-0.25, -0.2) is 9.13 Å². The number of aliphatic hydroxyl groups is 1. The first-order chi connectivity index (χ1) is 5.95. The maximum atomic E-state index is 9.91. The van der Waals surface area contributed by atoms with Crippen molar-refractivity contribution < 1.29 is 43.2 Å². The van der Waals surface area contributed by atoms with Gasteiger partial charge in [-0.1, -0.05) is 6.92 Å². The van der Waals surface area contributed by atoms with E-state index in [1.54, 1.807) is 6.92 Å². The molecule has 0 spiro atoms. The van der Waals surface area contributed by atoms with Crippen LogP contribution in [0.4, 0.5) is 0 Å². The molecule has 0 amide bonds. The van der Waals surface area contributed by atoms with Crippen LogP contribution in [0.15, 0.2) is 0 Å². The topological polar surface area (TPSA) is 165 Å². The maximum Gasteiger partial charge on any atom is 0.471 e. The highest BCUT2D eigenvalue weighted by atomic mass is 31.2. The van der Waals surface area contributed by atoms with Crippen LogP contribution in [-0.2, 0) is 13.7 Å². The van der Waals surface area contributed by atoms with Crippen LogP contribution in [0.5, 0.6) is 0 Å². The van der Waals surface area contributed by atoms with Gasteiger partial charge in [-0.15, -0.1) is 0 Å². The first-order valence-corrected chi connectivity index (χ1v) is 6.25. The normalized spacial score (nSPS) is 14.2. The number of hydrogen-bond donors (Lipinski definition) is 6. The second kappa shape index (κ2) is 6.62. The fourth-order valence-corrected chi connectivity index (χ4v) is 0.699. The van der Waals surface area contributed by atoms with Crippen molar-refractivity contribution in [2.45, 2.75) is 19.6 Å². The predicted molar refractivity (Wildman–Crippen MR) is 43.7 cm³/mol. The first-order valence-electron chi connectivity index (χ1n) is 3.16. The van der Waals surface area contributed by atoms with Crippen LogP contribution in [-0.4, -0.2) is 35.9 Å². The van der Waals surface area contributed by atoms with Gasteiger partial charge < -0.3 is 29.6 Å². The molecule has 0 aliphatic rings. The van der Waals surface area contributed by atoms with Gasteiger partial charge in [0.25, 0.3) is 0 Å². The van der Waals surface area contributed by atoms with Crippen molar-refractivity contribution in [3.63, 3.8) is 0 Å². The van der Waals surface area contributed by atoms with Crippen LogP contribution in [0.25, 0.3) is 0 Å². The number of phosphoric ester groups is 1. The standard InChI is InChI=1S/C3H9O5P.H3O4P/c1-2-3(4)8-9(5,6)7;1-5(2,3)4/h3-4H,2H2,1H3,(H2,5,6,7);(H3,1,2,3,4). The van der Waals surface area contributed by atoms with Gasteiger partial charge in [0, 0.05) is 0 Å². The van der Waals surface area contributed by atoms with Gasteiger partial charge in [0.1, 0.15) is 0 Å². The van der Waals surface area contributed by atoms with Crippen molar-refractivity contribution in [1.82, 2.24) is 0 Å². The van der Waals surface area contributed by atoms with Crippen molar-refractivity contribution >= 4 is 15.6 Å². The molecule has 0 rings (SSSR count). The summed E-state index contributed by atoms with van der Waals surface area (Å²) in [4.78, 5) is 37.7. The molecule has 1 atom stereocenters. The van der Waals surface area contributed by atoms with E-state index in [4.69, 9.17) is 34.1 Å². The van der Waals surface area contributed by atoms with E-state index >= 15 is 0 Å². The summed E-state index contributed by atoms with van der Waals surface area (Å²) >= 11 is 0. The van der Waals surface area contributed by atoms with E-state index in [9.17, 15) is 4.57 Å². The summed E-state index contributed by atoms with van der Waals surface area (Å²) in [5.41, 5.74) is 0. The molecule has 0 aliphatic heterocycles. The molecule has 0 aromatic heterocycles. The molecule has 0 radical (unpaired) electrons. The van der Waals surface area contributed by atoms with E-state index in [1.807, 2.05) is 0 Å². The van der Waals surface area contributed by atoms with Gasteiger partial charge in [0.05, 0.1) is 0 Å². The highest BCUT2D eigenvalue weighted by molar-refractivity contribution is 7.46. The van der Waals surface area contributed by atoms with Crippen LogP contribution < -0.4 is 0 Å². The molecule has 0 heterocycles. The molecule has 6 N–H and O–H groups in total. The maximum absolute atomic E-state index is 9.91. The highest BCUT2D eigenvalue weighted by Gasteiger charge is 2.18. The van der Waals surface area contributed by atoms with Crippen molar-refractivity contribution in [2.75, 3.05) is 0 Å². The minimum Gasteiger partial charge on any atom is -0.367 e. The van der Waals surface area contributed by atoms with E-state index in [0.717, 1.165) is 0 Å². The second-order valence-electron chi connectivity index (χ2n) is 1.97. The van der Waals surface area contributed by atoms with E-state index in [0.29, 0.717) is 0 Å². The van der Waals surface area contributed by atoms with Crippen LogP contribution in [0.2, 0.25) is 0 Å². The molecule has 14 heavy (non-hydrogen) atoms. The minimum atomic E-state index is -4.64. The zero-order valence-electron chi connectivity index (χ0n) is 7.09. The Labute approximate surface area is 79.5 Å². The van der Waals surface area contributed by atoms with E-state index in [2.05, 4.69) is 4.52 Å².